The van der Waals surface area contributed by atoms with Crippen molar-refractivity contribution < 1.29 is 14.7 Å². The SMILES string of the molecule is Cn1c(=O)[nH]cc(C(=O)N[C@@]2(C)CCCC[C@H]2C(=O)O)c1=O. The zero-order chi connectivity index (χ0) is 16.5. The summed E-state index contributed by atoms with van der Waals surface area (Å²) in [4.78, 5) is 49.3. The minimum atomic E-state index is -0.961. The number of H-pyrrole nitrogens is 1. The van der Waals surface area contributed by atoms with Crippen LogP contribution in [0, 0.1) is 5.92 Å². The van der Waals surface area contributed by atoms with Gasteiger partial charge in [0.1, 0.15) is 5.56 Å². The molecule has 0 aliphatic heterocycles. The maximum absolute atomic E-state index is 12.3. The first-order valence-corrected chi connectivity index (χ1v) is 7.10. The molecular formula is C14H19N3O5. The second-order valence-corrected chi connectivity index (χ2v) is 5.88. The number of carboxylic acid groups (broad SMARTS) is 1. The second kappa shape index (κ2) is 5.78. The van der Waals surface area contributed by atoms with Crippen molar-refractivity contribution in [3.8, 4) is 0 Å². The molecule has 1 fully saturated rings. The molecule has 2 rings (SSSR count). The minimum absolute atomic E-state index is 0.210. The number of aromatic nitrogens is 2. The van der Waals surface area contributed by atoms with Crippen LogP contribution >= 0.6 is 0 Å². The predicted molar refractivity (Wildman–Crippen MR) is 77.8 cm³/mol. The maximum Gasteiger partial charge on any atom is 0.328 e. The van der Waals surface area contributed by atoms with Crippen molar-refractivity contribution in [1.82, 2.24) is 14.9 Å². The minimum Gasteiger partial charge on any atom is -0.481 e. The Kier molecular flexibility index (Phi) is 4.20. The summed E-state index contributed by atoms with van der Waals surface area (Å²) >= 11 is 0. The summed E-state index contributed by atoms with van der Waals surface area (Å²) < 4.78 is 0.798. The molecule has 0 radical (unpaired) electrons. The fourth-order valence-corrected chi connectivity index (χ4v) is 2.93. The molecule has 1 aromatic heterocycles. The highest BCUT2D eigenvalue weighted by molar-refractivity contribution is 5.94. The predicted octanol–water partition coefficient (Wildman–Crippen LogP) is -0.163. The summed E-state index contributed by atoms with van der Waals surface area (Å²) in [6, 6.07) is 0. The van der Waals surface area contributed by atoms with Gasteiger partial charge < -0.3 is 15.4 Å². The number of nitrogens with one attached hydrogen (secondary N) is 2. The molecule has 8 heteroatoms. The lowest BCUT2D eigenvalue weighted by Crippen LogP contribution is -2.56. The van der Waals surface area contributed by atoms with Crippen LogP contribution in [0.15, 0.2) is 15.8 Å². The maximum atomic E-state index is 12.3. The topological polar surface area (TPSA) is 121 Å². The number of carboxylic acids is 1. The van der Waals surface area contributed by atoms with E-state index in [0.29, 0.717) is 12.8 Å². The number of hydrogen-bond acceptors (Lipinski definition) is 4. The quantitative estimate of drug-likeness (QED) is 0.716. The summed E-state index contributed by atoms with van der Waals surface area (Å²) in [5, 5.41) is 12.0. The Morgan fingerprint density at radius 1 is 1.41 bits per heavy atom. The van der Waals surface area contributed by atoms with Gasteiger partial charge in [0.05, 0.1) is 11.5 Å². The highest BCUT2D eigenvalue weighted by Gasteiger charge is 2.42. The van der Waals surface area contributed by atoms with Gasteiger partial charge in [0.25, 0.3) is 11.5 Å². The first kappa shape index (κ1) is 16.0. The average molecular weight is 309 g/mol. The molecule has 1 saturated carbocycles. The molecule has 1 aliphatic rings. The van der Waals surface area contributed by atoms with Crippen LogP contribution in [0.1, 0.15) is 43.0 Å². The van der Waals surface area contributed by atoms with Crippen molar-refractivity contribution in [2.45, 2.75) is 38.1 Å². The summed E-state index contributed by atoms with van der Waals surface area (Å²) in [6.07, 6.45) is 3.67. The molecule has 0 unspecified atom stereocenters. The van der Waals surface area contributed by atoms with E-state index in [4.69, 9.17) is 0 Å². The summed E-state index contributed by atoms with van der Waals surface area (Å²) in [6.45, 7) is 1.68. The van der Waals surface area contributed by atoms with Crippen LogP contribution in [0.3, 0.4) is 0 Å². The van der Waals surface area contributed by atoms with Crippen molar-refractivity contribution in [2.24, 2.45) is 13.0 Å². The molecule has 1 aliphatic carbocycles. The average Bonchev–Trinajstić information content (AvgIpc) is 2.44. The van der Waals surface area contributed by atoms with Crippen LogP contribution in [0.5, 0.6) is 0 Å². The van der Waals surface area contributed by atoms with Crippen molar-refractivity contribution >= 4 is 11.9 Å². The first-order valence-electron chi connectivity index (χ1n) is 7.10. The van der Waals surface area contributed by atoms with Crippen molar-refractivity contribution in [3.05, 3.63) is 32.6 Å². The van der Waals surface area contributed by atoms with Crippen LogP contribution < -0.4 is 16.6 Å². The fourth-order valence-electron chi connectivity index (χ4n) is 2.93. The van der Waals surface area contributed by atoms with E-state index in [0.717, 1.165) is 23.6 Å². The molecule has 0 aromatic carbocycles. The summed E-state index contributed by atoms with van der Waals surface area (Å²) in [5.74, 6) is -2.33. The molecule has 3 N–H and O–H groups in total. The number of aromatic amines is 1. The van der Waals surface area contributed by atoms with Crippen LogP contribution in [0.4, 0.5) is 0 Å². The lowest BCUT2D eigenvalue weighted by atomic mass is 9.74. The molecule has 0 saturated heterocycles. The molecule has 8 nitrogen and oxygen atoms in total. The second-order valence-electron chi connectivity index (χ2n) is 5.88. The molecule has 22 heavy (non-hydrogen) atoms. The molecule has 1 heterocycles. The van der Waals surface area contributed by atoms with Gasteiger partial charge in [-0.25, -0.2) is 4.79 Å². The molecular weight excluding hydrogens is 290 g/mol. The van der Waals surface area contributed by atoms with E-state index in [2.05, 4.69) is 10.3 Å². The number of carbonyl (C=O) groups excluding carboxylic acids is 1. The van der Waals surface area contributed by atoms with Gasteiger partial charge in [0.15, 0.2) is 0 Å². The Labute approximate surface area is 126 Å². The van der Waals surface area contributed by atoms with Crippen molar-refractivity contribution in [2.75, 3.05) is 0 Å². The standard InChI is InChI=1S/C14H19N3O5/c1-14(6-4-3-5-9(14)12(20)21)16-10(18)8-7-15-13(22)17(2)11(8)19/h7,9H,3-6H2,1-2H3,(H,15,22)(H,16,18)(H,20,21)/t9-,14-/m0/s1. The van der Waals surface area contributed by atoms with Gasteiger partial charge in [-0.05, 0) is 19.8 Å². The monoisotopic (exact) mass is 309 g/mol. The molecule has 0 spiro atoms. The smallest absolute Gasteiger partial charge is 0.328 e. The zero-order valence-corrected chi connectivity index (χ0v) is 12.5. The number of amides is 1. The number of carbonyl (C=O) groups is 2. The highest BCUT2D eigenvalue weighted by atomic mass is 16.4. The summed E-state index contributed by atoms with van der Waals surface area (Å²) in [5.41, 5.74) is -2.46. The van der Waals surface area contributed by atoms with Crippen molar-refractivity contribution in [3.63, 3.8) is 0 Å². The van der Waals surface area contributed by atoms with Crippen LogP contribution in [-0.2, 0) is 11.8 Å². The van der Waals surface area contributed by atoms with E-state index in [1.54, 1.807) is 6.92 Å². The number of hydrogen-bond donors (Lipinski definition) is 3. The van der Waals surface area contributed by atoms with Gasteiger partial charge in [-0.2, -0.15) is 0 Å². The van der Waals surface area contributed by atoms with E-state index >= 15 is 0 Å². The summed E-state index contributed by atoms with van der Waals surface area (Å²) in [7, 11) is 1.26. The number of rotatable bonds is 3. The third-order valence-corrected chi connectivity index (χ3v) is 4.33. The molecule has 0 bridgehead atoms. The molecule has 2 atom stereocenters. The van der Waals surface area contributed by atoms with E-state index in [1.807, 2.05) is 0 Å². The molecule has 120 valence electrons. The van der Waals surface area contributed by atoms with E-state index < -0.39 is 34.6 Å². The van der Waals surface area contributed by atoms with Crippen LogP contribution in [0.2, 0.25) is 0 Å². The highest BCUT2D eigenvalue weighted by Crippen LogP contribution is 2.33. The van der Waals surface area contributed by atoms with Crippen LogP contribution in [-0.4, -0.2) is 32.1 Å². The van der Waals surface area contributed by atoms with Gasteiger partial charge >= 0.3 is 11.7 Å². The Bertz CT molecular complexity index is 720. The van der Waals surface area contributed by atoms with Gasteiger partial charge in [-0.15, -0.1) is 0 Å². The van der Waals surface area contributed by atoms with Crippen LogP contribution in [0.25, 0.3) is 0 Å². The largest absolute Gasteiger partial charge is 0.481 e. The molecule has 1 amide bonds. The fraction of sp³-hybridized carbons (Fsp3) is 0.571. The lowest BCUT2D eigenvalue weighted by molar-refractivity contribution is -0.145. The number of aliphatic carboxylic acids is 1. The lowest BCUT2D eigenvalue weighted by Gasteiger charge is -2.39. The Morgan fingerprint density at radius 3 is 2.73 bits per heavy atom. The van der Waals surface area contributed by atoms with E-state index in [-0.39, 0.29) is 5.56 Å². The normalized spacial score (nSPS) is 24.7. The van der Waals surface area contributed by atoms with Crippen molar-refractivity contribution in [1.29, 1.82) is 0 Å². The first-order chi connectivity index (χ1) is 10.3. The molecule has 1 aromatic rings. The Balaban J connectivity index is 2.31. The van der Waals surface area contributed by atoms with Gasteiger partial charge in [0, 0.05) is 13.2 Å². The van der Waals surface area contributed by atoms with Gasteiger partial charge in [-0.1, -0.05) is 12.8 Å². The van der Waals surface area contributed by atoms with Gasteiger partial charge in [0.2, 0.25) is 0 Å². The van der Waals surface area contributed by atoms with E-state index in [1.165, 1.54) is 7.05 Å². The van der Waals surface area contributed by atoms with Gasteiger partial charge in [-0.3, -0.25) is 19.0 Å². The third kappa shape index (κ3) is 2.81. The Hall–Kier alpha value is -2.38. The Morgan fingerprint density at radius 2 is 2.09 bits per heavy atom. The number of nitrogens with zero attached hydrogens (tertiary/aromatic N) is 1. The third-order valence-electron chi connectivity index (χ3n) is 4.33. The zero-order valence-electron chi connectivity index (χ0n) is 12.5. The van der Waals surface area contributed by atoms with E-state index in [9.17, 15) is 24.3 Å².